The van der Waals surface area contributed by atoms with Gasteiger partial charge in [0.25, 0.3) is 0 Å². The molecule has 0 spiro atoms. The topological polar surface area (TPSA) is 57.8 Å². The molecular formula is C15H14Cl2FN3O2S. The van der Waals surface area contributed by atoms with E-state index in [1.54, 1.807) is 29.0 Å². The summed E-state index contributed by atoms with van der Waals surface area (Å²) in [7, 11) is 0. The third-order valence-electron chi connectivity index (χ3n) is 3.63. The molecule has 1 aromatic carbocycles. The standard InChI is InChI=1S/C15H14Cl2FN3O2S/c16-12-2-1-10(5-13(12)17)21-7-11(8-22)24-15(21)19-14(23)20-4-3-9(18)6-20/h1-2,5,7,9,22H,3-4,6,8H2/b19-15-/t9-/m1/s1. The Morgan fingerprint density at radius 3 is 2.83 bits per heavy atom. The Morgan fingerprint density at radius 2 is 2.21 bits per heavy atom. The highest BCUT2D eigenvalue weighted by Gasteiger charge is 2.25. The van der Waals surface area contributed by atoms with Crippen LogP contribution in [0.2, 0.25) is 10.0 Å². The summed E-state index contributed by atoms with van der Waals surface area (Å²) in [6.07, 6.45) is 1.02. The van der Waals surface area contributed by atoms with Gasteiger partial charge in [0.05, 0.1) is 28.1 Å². The smallest absolute Gasteiger partial charge is 0.346 e. The van der Waals surface area contributed by atoms with Crippen molar-refractivity contribution in [1.29, 1.82) is 0 Å². The number of benzene rings is 1. The minimum absolute atomic E-state index is 0.0628. The lowest BCUT2D eigenvalue weighted by Crippen LogP contribution is -2.28. The Bertz CT molecular complexity index is 836. The van der Waals surface area contributed by atoms with Gasteiger partial charge in [0.15, 0.2) is 4.80 Å². The van der Waals surface area contributed by atoms with Crippen LogP contribution in [0.15, 0.2) is 29.4 Å². The van der Waals surface area contributed by atoms with Gasteiger partial charge in [-0.25, -0.2) is 9.18 Å². The highest BCUT2D eigenvalue weighted by atomic mass is 35.5. The molecule has 24 heavy (non-hydrogen) atoms. The molecule has 1 atom stereocenters. The SMILES string of the molecule is O=C(/N=c1\sc(CO)cn1-c1ccc(Cl)c(Cl)c1)N1CC[C@@H](F)C1. The highest BCUT2D eigenvalue weighted by Crippen LogP contribution is 2.24. The molecule has 1 aliphatic rings. The van der Waals surface area contributed by atoms with Gasteiger partial charge in [0.2, 0.25) is 0 Å². The molecule has 128 valence electrons. The van der Waals surface area contributed by atoms with Crippen molar-refractivity contribution in [3.05, 3.63) is 44.1 Å². The van der Waals surface area contributed by atoms with Gasteiger partial charge in [-0.3, -0.25) is 4.57 Å². The van der Waals surface area contributed by atoms with Crippen LogP contribution in [0.5, 0.6) is 0 Å². The van der Waals surface area contributed by atoms with Crippen molar-refractivity contribution in [3.63, 3.8) is 0 Å². The van der Waals surface area contributed by atoms with Crippen molar-refractivity contribution in [3.8, 4) is 5.69 Å². The highest BCUT2D eigenvalue weighted by molar-refractivity contribution is 7.09. The maximum absolute atomic E-state index is 13.3. The van der Waals surface area contributed by atoms with E-state index in [1.807, 2.05) is 0 Å². The quantitative estimate of drug-likeness (QED) is 0.855. The van der Waals surface area contributed by atoms with Gasteiger partial charge < -0.3 is 10.0 Å². The number of carbonyl (C=O) groups is 1. The summed E-state index contributed by atoms with van der Waals surface area (Å²) >= 11 is 13.2. The number of nitrogens with zero attached hydrogens (tertiary/aromatic N) is 3. The monoisotopic (exact) mass is 389 g/mol. The minimum Gasteiger partial charge on any atom is -0.391 e. The predicted octanol–water partition coefficient (Wildman–Crippen LogP) is 3.40. The third-order valence-corrected chi connectivity index (χ3v) is 5.34. The van der Waals surface area contributed by atoms with Crippen LogP contribution in [0.25, 0.3) is 5.69 Å². The van der Waals surface area contributed by atoms with Crippen molar-refractivity contribution in [2.45, 2.75) is 19.2 Å². The third kappa shape index (κ3) is 3.64. The van der Waals surface area contributed by atoms with Crippen LogP contribution >= 0.6 is 34.5 Å². The zero-order chi connectivity index (χ0) is 17.3. The summed E-state index contributed by atoms with van der Waals surface area (Å²) in [5.41, 5.74) is 0.664. The number of aliphatic hydroxyl groups is 1. The molecule has 1 fully saturated rings. The van der Waals surface area contributed by atoms with E-state index >= 15 is 0 Å². The molecule has 1 saturated heterocycles. The normalized spacial score (nSPS) is 18.4. The fourth-order valence-electron chi connectivity index (χ4n) is 2.41. The van der Waals surface area contributed by atoms with Crippen molar-refractivity contribution >= 4 is 40.6 Å². The fraction of sp³-hybridized carbons (Fsp3) is 0.333. The van der Waals surface area contributed by atoms with Crippen LogP contribution in [0.4, 0.5) is 9.18 Å². The maximum Gasteiger partial charge on any atom is 0.346 e. The number of urea groups is 1. The number of alkyl halides is 1. The van der Waals surface area contributed by atoms with Gasteiger partial charge in [-0.1, -0.05) is 34.5 Å². The molecule has 2 amide bonds. The number of thiazole rings is 1. The molecule has 1 aliphatic heterocycles. The van der Waals surface area contributed by atoms with Crippen molar-refractivity contribution in [2.24, 2.45) is 4.99 Å². The van der Waals surface area contributed by atoms with Gasteiger partial charge in [-0.05, 0) is 24.6 Å². The zero-order valence-corrected chi connectivity index (χ0v) is 14.8. The van der Waals surface area contributed by atoms with Crippen molar-refractivity contribution in [1.82, 2.24) is 9.47 Å². The molecule has 3 rings (SSSR count). The largest absolute Gasteiger partial charge is 0.391 e. The van der Waals surface area contributed by atoms with Crippen molar-refractivity contribution < 1.29 is 14.3 Å². The number of halogens is 3. The second kappa shape index (κ2) is 7.23. The van der Waals surface area contributed by atoms with E-state index in [4.69, 9.17) is 23.2 Å². The van der Waals surface area contributed by atoms with E-state index < -0.39 is 12.2 Å². The molecule has 1 N–H and O–H groups in total. The number of rotatable bonds is 2. The van der Waals surface area contributed by atoms with Crippen LogP contribution in [-0.4, -0.2) is 39.9 Å². The average molecular weight is 390 g/mol. The lowest BCUT2D eigenvalue weighted by molar-refractivity contribution is 0.213. The van der Waals surface area contributed by atoms with E-state index in [-0.39, 0.29) is 13.2 Å². The molecule has 0 bridgehead atoms. The first-order chi connectivity index (χ1) is 11.5. The summed E-state index contributed by atoms with van der Waals surface area (Å²) in [5.74, 6) is 0. The van der Waals surface area contributed by atoms with Gasteiger partial charge in [0.1, 0.15) is 6.17 Å². The molecule has 2 aromatic rings. The molecule has 0 unspecified atom stereocenters. The van der Waals surface area contributed by atoms with E-state index in [0.29, 0.717) is 38.4 Å². The molecule has 2 heterocycles. The Balaban J connectivity index is 2.01. The Kier molecular flexibility index (Phi) is 5.24. The summed E-state index contributed by atoms with van der Waals surface area (Å²) in [6.45, 7) is 0.244. The molecule has 9 heteroatoms. The fourth-order valence-corrected chi connectivity index (χ4v) is 3.54. The number of amides is 2. The Labute approximate surface area is 151 Å². The first-order valence-electron chi connectivity index (χ1n) is 7.23. The first-order valence-corrected chi connectivity index (χ1v) is 8.80. The van der Waals surface area contributed by atoms with Crippen LogP contribution in [-0.2, 0) is 6.61 Å². The Morgan fingerprint density at radius 1 is 1.42 bits per heavy atom. The average Bonchev–Trinajstić information content (AvgIpc) is 3.16. The van der Waals surface area contributed by atoms with E-state index in [0.717, 1.165) is 0 Å². The molecular weight excluding hydrogens is 376 g/mol. The Hall–Kier alpha value is -1.41. The van der Waals surface area contributed by atoms with E-state index in [2.05, 4.69) is 4.99 Å². The summed E-state index contributed by atoms with van der Waals surface area (Å²) in [6, 6.07) is 4.53. The molecule has 0 aliphatic carbocycles. The van der Waals surface area contributed by atoms with Gasteiger partial charge in [-0.15, -0.1) is 0 Å². The predicted molar refractivity (Wildman–Crippen MR) is 91.6 cm³/mol. The number of likely N-dealkylation sites (tertiary alicyclic amines) is 1. The van der Waals surface area contributed by atoms with Gasteiger partial charge in [-0.2, -0.15) is 4.99 Å². The van der Waals surface area contributed by atoms with Crippen LogP contribution in [0.1, 0.15) is 11.3 Å². The summed E-state index contributed by atoms with van der Waals surface area (Å²) < 4.78 is 14.9. The van der Waals surface area contributed by atoms with Gasteiger partial charge in [0, 0.05) is 18.4 Å². The summed E-state index contributed by atoms with van der Waals surface area (Å²) in [4.78, 5) is 18.7. The number of carbonyl (C=O) groups excluding carboxylic acids is 1. The van der Waals surface area contributed by atoms with Crippen LogP contribution in [0, 0.1) is 0 Å². The lowest BCUT2D eigenvalue weighted by Gasteiger charge is -2.11. The molecule has 0 saturated carbocycles. The number of hydrogen-bond acceptors (Lipinski definition) is 3. The molecule has 0 radical (unpaired) electrons. The maximum atomic E-state index is 13.3. The number of hydrogen-bond donors (Lipinski definition) is 1. The number of aromatic nitrogens is 1. The van der Waals surface area contributed by atoms with Crippen LogP contribution < -0.4 is 4.80 Å². The van der Waals surface area contributed by atoms with E-state index in [1.165, 1.54) is 16.2 Å². The van der Waals surface area contributed by atoms with Crippen LogP contribution in [0.3, 0.4) is 0 Å². The zero-order valence-electron chi connectivity index (χ0n) is 12.5. The number of aliphatic hydroxyl groups excluding tert-OH is 1. The first kappa shape index (κ1) is 17.4. The lowest BCUT2D eigenvalue weighted by atomic mass is 10.3. The molecule has 5 nitrogen and oxygen atoms in total. The van der Waals surface area contributed by atoms with Gasteiger partial charge >= 0.3 is 6.03 Å². The summed E-state index contributed by atoms with van der Waals surface area (Å²) in [5, 5.41) is 10.2. The molecule has 1 aromatic heterocycles. The second-order valence-electron chi connectivity index (χ2n) is 5.33. The second-order valence-corrected chi connectivity index (χ2v) is 7.24. The van der Waals surface area contributed by atoms with Crippen molar-refractivity contribution in [2.75, 3.05) is 13.1 Å². The minimum atomic E-state index is -0.998. The van der Waals surface area contributed by atoms with E-state index in [9.17, 15) is 14.3 Å².